The van der Waals surface area contributed by atoms with E-state index >= 15 is 0 Å². The fraction of sp³-hybridized carbons (Fsp3) is 0.417. The molecule has 2 atom stereocenters. The van der Waals surface area contributed by atoms with Crippen molar-refractivity contribution < 1.29 is 4.79 Å². The maximum Gasteiger partial charge on any atom is 0.222 e. The Labute approximate surface area is 193 Å². The van der Waals surface area contributed by atoms with E-state index in [9.17, 15) is 4.79 Å². The molecule has 0 saturated carbocycles. The first kappa shape index (κ1) is 21.2. The summed E-state index contributed by atoms with van der Waals surface area (Å²) in [5.74, 6) is 2.41. The number of likely N-dealkylation sites (tertiary alicyclic amines) is 1. The number of likely N-dealkylation sites (N-methyl/N-ethyl adjacent to an activating group) is 1. The number of carbonyl (C=O) groups excluding carboxylic acids is 1. The number of hydrazine groups is 1. The molecule has 1 unspecified atom stereocenters. The highest BCUT2D eigenvalue weighted by Crippen LogP contribution is 2.26. The van der Waals surface area contributed by atoms with E-state index in [1.165, 1.54) is 5.57 Å². The number of aromatic nitrogens is 2. The summed E-state index contributed by atoms with van der Waals surface area (Å²) in [5.41, 5.74) is 10.2. The van der Waals surface area contributed by atoms with Crippen LogP contribution in [0.5, 0.6) is 0 Å². The van der Waals surface area contributed by atoms with Crippen LogP contribution in [0.3, 0.4) is 0 Å². The highest BCUT2D eigenvalue weighted by Gasteiger charge is 2.31. The van der Waals surface area contributed by atoms with Crippen LogP contribution < -0.4 is 16.2 Å². The van der Waals surface area contributed by atoms with E-state index in [-0.39, 0.29) is 17.9 Å². The molecular formula is C24H30N8O. The summed E-state index contributed by atoms with van der Waals surface area (Å²) in [6.07, 6.45) is 9.48. The lowest BCUT2D eigenvalue weighted by Gasteiger charge is -2.25. The molecule has 9 heteroatoms. The van der Waals surface area contributed by atoms with Crippen LogP contribution in [-0.2, 0) is 4.79 Å². The predicted molar refractivity (Wildman–Crippen MR) is 129 cm³/mol. The van der Waals surface area contributed by atoms with Crippen molar-refractivity contribution in [1.29, 1.82) is 0 Å². The Morgan fingerprint density at radius 2 is 2.15 bits per heavy atom. The van der Waals surface area contributed by atoms with Crippen molar-refractivity contribution in [2.75, 3.05) is 25.5 Å². The Hall–Kier alpha value is -3.62. The van der Waals surface area contributed by atoms with Gasteiger partial charge in [-0.2, -0.15) is 5.10 Å². The molecule has 1 fully saturated rings. The lowest BCUT2D eigenvalue weighted by molar-refractivity contribution is -0.127. The van der Waals surface area contributed by atoms with Gasteiger partial charge in [0, 0.05) is 44.5 Å². The van der Waals surface area contributed by atoms with Crippen LogP contribution in [0.1, 0.15) is 38.2 Å². The standard InChI is InChI=1S/C24H30N8O/c1-15(2)16-9-23(30-26-11-16)29-22-6-5-20-21(28-22)8-17(10-25-20)18-12-27-32(13-18)14-19-4-7-24(33)31(19)3/h5-6,8-12,15,18-19,26,30H,4,7,13-14H2,1-3H3,(H,28,29)/t18?,19-/m1/s1. The smallest absolute Gasteiger partial charge is 0.222 e. The molecule has 3 aliphatic rings. The van der Waals surface area contributed by atoms with Gasteiger partial charge in [-0.25, -0.2) is 4.98 Å². The minimum Gasteiger partial charge on any atom is -0.341 e. The average molecular weight is 447 g/mol. The van der Waals surface area contributed by atoms with Gasteiger partial charge in [-0.1, -0.05) is 13.8 Å². The summed E-state index contributed by atoms with van der Waals surface area (Å²) in [7, 11) is 1.89. The fourth-order valence-corrected chi connectivity index (χ4v) is 4.40. The van der Waals surface area contributed by atoms with Crippen molar-refractivity contribution >= 4 is 29.0 Å². The van der Waals surface area contributed by atoms with Gasteiger partial charge in [0.15, 0.2) is 0 Å². The lowest BCUT2D eigenvalue weighted by atomic mass is 10.0. The summed E-state index contributed by atoms with van der Waals surface area (Å²) in [6, 6.07) is 6.25. The average Bonchev–Trinajstić information content (AvgIpc) is 3.41. The van der Waals surface area contributed by atoms with Crippen molar-refractivity contribution in [2.24, 2.45) is 11.0 Å². The second-order valence-corrected chi connectivity index (χ2v) is 9.19. The Kier molecular flexibility index (Phi) is 5.62. The van der Waals surface area contributed by atoms with Crippen LogP contribution in [0, 0.1) is 5.92 Å². The normalized spacial score (nSPS) is 22.5. The highest BCUT2D eigenvalue weighted by molar-refractivity contribution is 5.79. The van der Waals surface area contributed by atoms with Gasteiger partial charge in [-0.15, -0.1) is 0 Å². The third-order valence-corrected chi connectivity index (χ3v) is 6.54. The molecule has 1 amide bonds. The molecule has 9 nitrogen and oxygen atoms in total. The van der Waals surface area contributed by atoms with Crippen LogP contribution in [0.2, 0.25) is 0 Å². The molecule has 0 radical (unpaired) electrons. The molecular weight excluding hydrogens is 416 g/mol. The second-order valence-electron chi connectivity index (χ2n) is 9.19. The Balaban J connectivity index is 1.28. The largest absolute Gasteiger partial charge is 0.341 e. The van der Waals surface area contributed by atoms with Gasteiger partial charge < -0.3 is 15.6 Å². The number of hydrazone groups is 1. The number of pyridine rings is 2. The number of hydrogen-bond donors (Lipinski definition) is 3. The highest BCUT2D eigenvalue weighted by atomic mass is 16.2. The topological polar surface area (TPSA) is 97.8 Å². The van der Waals surface area contributed by atoms with E-state index in [2.05, 4.69) is 57.3 Å². The maximum absolute atomic E-state index is 11.8. The van der Waals surface area contributed by atoms with E-state index in [1.807, 2.05) is 42.7 Å². The SMILES string of the molecule is CC(C)C1=CNNC(Nc2ccc3ncc(C4C=NN(C[C@H]5CCC(=O)N5C)C4)cc3n2)=C1. The van der Waals surface area contributed by atoms with E-state index < -0.39 is 0 Å². The third kappa shape index (κ3) is 4.48. The number of rotatable bonds is 6. The molecule has 172 valence electrons. The molecule has 5 rings (SSSR count). The maximum atomic E-state index is 11.8. The Bertz CT molecular complexity index is 1150. The van der Waals surface area contributed by atoms with Crippen LogP contribution >= 0.6 is 0 Å². The van der Waals surface area contributed by atoms with E-state index in [1.54, 1.807) is 0 Å². The van der Waals surface area contributed by atoms with Gasteiger partial charge in [0.05, 0.1) is 23.6 Å². The summed E-state index contributed by atoms with van der Waals surface area (Å²) in [4.78, 5) is 23.1. The molecule has 2 aromatic heterocycles. The van der Waals surface area contributed by atoms with E-state index in [4.69, 9.17) is 4.98 Å². The number of hydrogen-bond acceptors (Lipinski definition) is 8. The van der Waals surface area contributed by atoms with Gasteiger partial charge in [-0.05, 0) is 47.8 Å². The van der Waals surface area contributed by atoms with Crippen LogP contribution in [0.15, 0.2) is 53.2 Å². The quantitative estimate of drug-likeness (QED) is 0.627. The summed E-state index contributed by atoms with van der Waals surface area (Å²) >= 11 is 0. The number of nitrogens with one attached hydrogen (secondary N) is 3. The molecule has 3 aliphatic heterocycles. The summed E-state index contributed by atoms with van der Waals surface area (Å²) < 4.78 is 0. The fourth-order valence-electron chi connectivity index (χ4n) is 4.40. The first-order valence-corrected chi connectivity index (χ1v) is 11.5. The summed E-state index contributed by atoms with van der Waals surface area (Å²) in [5, 5.41) is 10.0. The van der Waals surface area contributed by atoms with Crippen molar-refractivity contribution in [2.45, 2.75) is 38.6 Å². The number of carbonyl (C=O) groups is 1. The van der Waals surface area contributed by atoms with E-state index in [0.717, 1.165) is 47.7 Å². The second kappa shape index (κ2) is 8.73. The Morgan fingerprint density at radius 1 is 1.27 bits per heavy atom. The Morgan fingerprint density at radius 3 is 2.94 bits per heavy atom. The number of allylic oxidation sites excluding steroid dienone is 2. The zero-order chi connectivity index (χ0) is 22.9. The molecule has 33 heavy (non-hydrogen) atoms. The minimum absolute atomic E-state index is 0.161. The van der Waals surface area contributed by atoms with Gasteiger partial charge in [0.1, 0.15) is 11.6 Å². The molecule has 5 heterocycles. The zero-order valence-electron chi connectivity index (χ0n) is 19.2. The summed E-state index contributed by atoms with van der Waals surface area (Å²) in [6.45, 7) is 5.88. The minimum atomic E-state index is 0.161. The van der Waals surface area contributed by atoms with Gasteiger partial charge in [0.25, 0.3) is 0 Å². The number of amides is 1. The molecule has 0 aromatic carbocycles. The van der Waals surface area contributed by atoms with E-state index in [0.29, 0.717) is 12.3 Å². The third-order valence-electron chi connectivity index (χ3n) is 6.54. The first-order valence-electron chi connectivity index (χ1n) is 11.5. The lowest BCUT2D eigenvalue weighted by Crippen LogP contribution is -2.37. The van der Waals surface area contributed by atoms with Gasteiger partial charge in [0.2, 0.25) is 5.91 Å². The van der Waals surface area contributed by atoms with Gasteiger partial charge >= 0.3 is 0 Å². The molecule has 1 saturated heterocycles. The van der Waals surface area contributed by atoms with Crippen LogP contribution in [0.4, 0.5) is 5.82 Å². The molecule has 0 aliphatic carbocycles. The predicted octanol–water partition coefficient (Wildman–Crippen LogP) is 2.54. The van der Waals surface area contributed by atoms with Crippen molar-refractivity contribution in [3.05, 3.63) is 53.6 Å². The first-order chi connectivity index (χ1) is 16.0. The van der Waals surface area contributed by atoms with Crippen molar-refractivity contribution in [3.8, 4) is 0 Å². The molecule has 2 aromatic rings. The molecule has 3 N–H and O–H groups in total. The zero-order valence-corrected chi connectivity index (χ0v) is 19.2. The van der Waals surface area contributed by atoms with Crippen molar-refractivity contribution in [3.63, 3.8) is 0 Å². The number of nitrogens with zero attached hydrogens (tertiary/aromatic N) is 5. The molecule has 0 bridgehead atoms. The number of fused-ring (bicyclic) bond motifs is 1. The molecule has 0 spiro atoms. The number of anilines is 1. The van der Waals surface area contributed by atoms with Gasteiger partial charge in [-0.3, -0.25) is 20.2 Å². The van der Waals surface area contributed by atoms with Crippen molar-refractivity contribution in [1.82, 2.24) is 30.7 Å². The van der Waals surface area contributed by atoms with Crippen LogP contribution in [-0.4, -0.2) is 58.2 Å². The van der Waals surface area contributed by atoms with Crippen LogP contribution in [0.25, 0.3) is 11.0 Å². The monoisotopic (exact) mass is 446 g/mol.